The maximum atomic E-state index is 5.91. The van der Waals surface area contributed by atoms with Gasteiger partial charge in [0, 0.05) is 12.6 Å². The van der Waals surface area contributed by atoms with Gasteiger partial charge in [0.2, 0.25) is 0 Å². The molecule has 0 aliphatic carbocycles. The van der Waals surface area contributed by atoms with Crippen molar-refractivity contribution in [1.82, 2.24) is 9.78 Å². The Bertz CT molecular complexity index is 548. The fraction of sp³-hybridized carbons (Fsp3) is 0.308. The number of hydrogen-bond acceptors (Lipinski definition) is 2. The van der Waals surface area contributed by atoms with Crippen LogP contribution >= 0.6 is 22.6 Å². The lowest BCUT2D eigenvalue weighted by Crippen LogP contribution is -2.20. The number of hydrogen-bond donors (Lipinski definition) is 0. The zero-order chi connectivity index (χ0) is 11.8. The van der Waals surface area contributed by atoms with E-state index in [0.29, 0.717) is 0 Å². The molecule has 0 spiro atoms. The number of halogens is 1. The first-order valence-corrected chi connectivity index (χ1v) is 6.73. The summed E-state index contributed by atoms with van der Waals surface area (Å²) in [6.45, 7) is 2.93. The molecule has 4 heteroatoms. The van der Waals surface area contributed by atoms with E-state index in [1.807, 2.05) is 17.1 Å². The lowest BCUT2D eigenvalue weighted by Gasteiger charge is -2.10. The first-order valence-electron chi connectivity index (χ1n) is 5.65. The molecule has 3 nitrogen and oxygen atoms in total. The van der Waals surface area contributed by atoms with Crippen molar-refractivity contribution >= 4 is 22.6 Å². The number of benzene rings is 1. The summed E-state index contributed by atoms with van der Waals surface area (Å²) in [6, 6.07) is 6.37. The fourth-order valence-corrected chi connectivity index (χ4v) is 2.64. The summed E-state index contributed by atoms with van der Waals surface area (Å²) in [4.78, 5) is 0. The average molecular weight is 340 g/mol. The van der Waals surface area contributed by atoms with Gasteiger partial charge in [-0.25, -0.2) is 0 Å². The molecule has 0 N–H and O–H groups in total. The van der Waals surface area contributed by atoms with E-state index in [1.165, 1.54) is 11.1 Å². The van der Waals surface area contributed by atoms with Gasteiger partial charge in [0.05, 0.1) is 16.3 Å². The van der Waals surface area contributed by atoms with Crippen LogP contribution in [0.15, 0.2) is 30.6 Å². The molecule has 2 heterocycles. The lowest BCUT2D eigenvalue weighted by atomic mass is 10.1. The van der Waals surface area contributed by atoms with Crippen molar-refractivity contribution in [1.29, 1.82) is 0 Å². The van der Waals surface area contributed by atoms with Gasteiger partial charge in [0.15, 0.2) is 0 Å². The second kappa shape index (κ2) is 4.33. The summed E-state index contributed by atoms with van der Waals surface area (Å²) >= 11 is 2.27. The largest absolute Gasteiger partial charge is 0.488 e. The molecule has 1 aliphatic rings. The molecule has 1 unspecified atom stereocenters. The Morgan fingerprint density at radius 2 is 2.41 bits per heavy atom. The molecule has 1 aliphatic heterocycles. The van der Waals surface area contributed by atoms with Gasteiger partial charge in [0.1, 0.15) is 11.9 Å². The summed E-state index contributed by atoms with van der Waals surface area (Å²) in [7, 11) is 0. The number of rotatable bonds is 2. The predicted molar refractivity (Wildman–Crippen MR) is 74.2 cm³/mol. The highest BCUT2D eigenvalue weighted by Crippen LogP contribution is 2.29. The van der Waals surface area contributed by atoms with Crippen molar-refractivity contribution in [2.45, 2.75) is 26.0 Å². The second-order valence-corrected chi connectivity index (χ2v) is 5.68. The van der Waals surface area contributed by atoms with Crippen LogP contribution in [0.3, 0.4) is 0 Å². The zero-order valence-electron chi connectivity index (χ0n) is 9.56. The van der Waals surface area contributed by atoms with E-state index in [9.17, 15) is 0 Å². The van der Waals surface area contributed by atoms with Gasteiger partial charge in [-0.1, -0.05) is 17.7 Å². The molecule has 0 saturated carbocycles. The van der Waals surface area contributed by atoms with Crippen molar-refractivity contribution in [3.8, 4) is 5.75 Å². The van der Waals surface area contributed by atoms with Gasteiger partial charge in [-0.2, -0.15) is 5.10 Å². The molecule has 0 radical (unpaired) electrons. The molecule has 2 aromatic rings. The molecular weight excluding hydrogens is 327 g/mol. The van der Waals surface area contributed by atoms with Gasteiger partial charge >= 0.3 is 0 Å². The minimum absolute atomic E-state index is 0.211. The maximum absolute atomic E-state index is 5.91. The Morgan fingerprint density at radius 3 is 3.18 bits per heavy atom. The molecule has 0 bridgehead atoms. The Balaban J connectivity index is 1.74. The maximum Gasteiger partial charge on any atom is 0.123 e. The second-order valence-electron chi connectivity index (χ2n) is 4.44. The molecule has 1 aromatic carbocycles. The van der Waals surface area contributed by atoms with Gasteiger partial charge < -0.3 is 4.74 Å². The smallest absolute Gasteiger partial charge is 0.123 e. The predicted octanol–water partition coefficient (Wildman–Crippen LogP) is 2.80. The first-order chi connectivity index (χ1) is 8.20. The van der Waals surface area contributed by atoms with E-state index in [0.717, 1.165) is 22.3 Å². The van der Waals surface area contributed by atoms with Crippen LogP contribution in [-0.2, 0) is 13.0 Å². The highest BCUT2D eigenvalue weighted by molar-refractivity contribution is 14.1. The molecular formula is C13H13IN2O. The average Bonchev–Trinajstić information content (AvgIpc) is 2.84. The van der Waals surface area contributed by atoms with Crippen molar-refractivity contribution in [2.75, 3.05) is 0 Å². The molecule has 0 amide bonds. The summed E-state index contributed by atoms with van der Waals surface area (Å²) < 4.78 is 9.02. The van der Waals surface area contributed by atoms with Gasteiger partial charge in [-0.3, -0.25) is 4.68 Å². The summed E-state index contributed by atoms with van der Waals surface area (Å²) in [6.07, 6.45) is 5.10. The molecule has 1 atom stereocenters. The van der Waals surface area contributed by atoms with Crippen molar-refractivity contribution in [3.05, 3.63) is 45.3 Å². The van der Waals surface area contributed by atoms with E-state index >= 15 is 0 Å². The fourth-order valence-electron chi connectivity index (χ4n) is 2.20. The SMILES string of the molecule is Cc1ccc2c(c1)CC(Cn1cc(I)cn1)O2. The number of ether oxygens (including phenoxy) is 1. The van der Waals surface area contributed by atoms with Crippen molar-refractivity contribution in [3.63, 3.8) is 0 Å². The number of fused-ring (bicyclic) bond motifs is 1. The normalized spacial score (nSPS) is 17.9. The Morgan fingerprint density at radius 1 is 1.53 bits per heavy atom. The molecule has 0 saturated heterocycles. The Hall–Kier alpha value is -1.04. The number of aromatic nitrogens is 2. The Kier molecular flexibility index (Phi) is 2.82. The molecule has 3 rings (SSSR count). The van der Waals surface area contributed by atoms with E-state index in [2.05, 4.69) is 52.8 Å². The topological polar surface area (TPSA) is 27.1 Å². The molecule has 0 fully saturated rings. The van der Waals surface area contributed by atoms with Gasteiger partial charge in [-0.15, -0.1) is 0 Å². The van der Waals surface area contributed by atoms with E-state index in [-0.39, 0.29) is 6.10 Å². The van der Waals surface area contributed by atoms with Crippen molar-refractivity contribution < 1.29 is 4.74 Å². The minimum atomic E-state index is 0.211. The first kappa shape index (κ1) is 11.1. The van der Waals surface area contributed by atoms with Crippen LogP contribution in [0.4, 0.5) is 0 Å². The third-order valence-electron chi connectivity index (χ3n) is 2.95. The number of aryl methyl sites for hydroxylation is 1. The molecule has 88 valence electrons. The van der Waals surface area contributed by atoms with Crippen LogP contribution in [0.1, 0.15) is 11.1 Å². The molecule has 17 heavy (non-hydrogen) atoms. The third kappa shape index (κ3) is 2.31. The lowest BCUT2D eigenvalue weighted by molar-refractivity contribution is 0.203. The summed E-state index contributed by atoms with van der Waals surface area (Å²) in [5, 5.41) is 4.29. The van der Waals surface area contributed by atoms with Crippen LogP contribution in [0.25, 0.3) is 0 Å². The van der Waals surface area contributed by atoms with Gasteiger partial charge in [0.25, 0.3) is 0 Å². The van der Waals surface area contributed by atoms with Crippen LogP contribution in [-0.4, -0.2) is 15.9 Å². The monoisotopic (exact) mass is 340 g/mol. The summed E-state index contributed by atoms with van der Waals surface area (Å²) in [5.41, 5.74) is 2.61. The highest BCUT2D eigenvalue weighted by Gasteiger charge is 2.23. The minimum Gasteiger partial charge on any atom is -0.488 e. The quantitative estimate of drug-likeness (QED) is 0.786. The third-order valence-corrected chi connectivity index (χ3v) is 3.51. The van der Waals surface area contributed by atoms with E-state index in [1.54, 1.807) is 0 Å². The molecule has 1 aromatic heterocycles. The zero-order valence-corrected chi connectivity index (χ0v) is 11.7. The van der Waals surface area contributed by atoms with Crippen LogP contribution < -0.4 is 4.74 Å². The number of nitrogens with zero attached hydrogens (tertiary/aromatic N) is 2. The van der Waals surface area contributed by atoms with Crippen LogP contribution in [0, 0.1) is 10.5 Å². The summed E-state index contributed by atoms with van der Waals surface area (Å²) in [5.74, 6) is 1.03. The van der Waals surface area contributed by atoms with E-state index < -0.39 is 0 Å². The van der Waals surface area contributed by atoms with Crippen LogP contribution in [0.2, 0.25) is 0 Å². The standard InChI is InChI=1S/C13H13IN2O/c1-9-2-3-13-10(4-9)5-12(17-13)8-16-7-11(14)6-15-16/h2-4,6-7,12H,5,8H2,1H3. The van der Waals surface area contributed by atoms with Crippen molar-refractivity contribution in [2.24, 2.45) is 0 Å². The van der Waals surface area contributed by atoms with Gasteiger partial charge in [-0.05, 0) is 41.1 Å². The highest BCUT2D eigenvalue weighted by atomic mass is 127. The Labute approximate surface area is 114 Å². The van der Waals surface area contributed by atoms with E-state index in [4.69, 9.17) is 4.74 Å². The van der Waals surface area contributed by atoms with Crippen LogP contribution in [0.5, 0.6) is 5.75 Å².